The molecular formula is C16H17FO2. The molecular weight excluding hydrogens is 243 g/mol. The summed E-state index contributed by atoms with van der Waals surface area (Å²) in [6.45, 7) is 2.40. The summed E-state index contributed by atoms with van der Waals surface area (Å²) in [7, 11) is 1.63. The molecule has 0 aliphatic heterocycles. The minimum atomic E-state index is -0.948. The van der Waals surface area contributed by atoms with Gasteiger partial charge in [0.25, 0.3) is 0 Å². The molecule has 0 spiro atoms. The molecule has 0 saturated carbocycles. The molecule has 0 aliphatic rings. The molecule has 1 unspecified atom stereocenters. The van der Waals surface area contributed by atoms with Crippen LogP contribution in [0.25, 0.3) is 0 Å². The summed E-state index contributed by atoms with van der Waals surface area (Å²) >= 11 is 0. The van der Waals surface area contributed by atoms with E-state index in [1.807, 2.05) is 19.1 Å². The van der Waals surface area contributed by atoms with Gasteiger partial charge in [-0.15, -0.1) is 0 Å². The lowest BCUT2D eigenvalue weighted by molar-refractivity contribution is 0.184. The molecule has 0 aliphatic carbocycles. The number of rotatable bonds is 4. The molecule has 0 aromatic heterocycles. The molecule has 0 heterocycles. The van der Waals surface area contributed by atoms with Gasteiger partial charge in [-0.2, -0.15) is 0 Å². The molecule has 0 fully saturated rings. The quantitative estimate of drug-likeness (QED) is 0.913. The van der Waals surface area contributed by atoms with Gasteiger partial charge in [0.1, 0.15) is 11.9 Å². The Hall–Kier alpha value is -1.71. The SMILES string of the molecule is COCc1ccc(C(O)c2cc(C)ccc2F)cc1. The predicted molar refractivity (Wildman–Crippen MR) is 72.4 cm³/mol. The van der Waals surface area contributed by atoms with Crippen LogP contribution in [0.5, 0.6) is 0 Å². The summed E-state index contributed by atoms with van der Waals surface area (Å²) in [5, 5.41) is 10.2. The molecule has 2 aromatic carbocycles. The largest absolute Gasteiger partial charge is 0.384 e. The van der Waals surface area contributed by atoms with Crippen LogP contribution in [-0.2, 0) is 11.3 Å². The van der Waals surface area contributed by atoms with Crippen molar-refractivity contribution < 1.29 is 14.2 Å². The van der Waals surface area contributed by atoms with Crippen LogP contribution in [0, 0.1) is 12.7 Å². The van der Waals surface area contributed by atoms with Crippen molar-refractivity contribution >= 4 is 0 Å². The van der Waals surface area contributed by atoms with E-state index in [4.69, 9.17) is 4.74 Å². The number of aryl methyl sites for hydroxylation is 1. The van der Waals surface area contributed by atoms with Gasteiger partial charge in [-0.1, -0.05) is 42.0 Å². The zero-order chi connectivity index (χ0) is 13.8. The van der Waals surface area contributed by atoms with E-state index < -0.39 is 6.10 Å². The maximum atomic E-state index is 13.7. The van der Waals surface area contributed by atoms with E-state index in [0.29, 0.717) is 17.7 Å². The average molecular weight is 260 g/mol. The van der Waals surface area contributed by atoms with Crippen molar-refractivity contribution in [3.05, 3.63) is 70.5 Å². The van der Waals surface area contributed by atoms with Gasteiger partial charge in [-0.25, -0.2) is 4.39 Å². The number of hydrogen-bond acceptors (Lipinski definition) is 2. The minimum absolute atomic E-state index is 0.305. The Balaban J connectivity index is 2.27. The first-order valence-electron chi connectivity index (χ1n) is 6.13. The normalized spacial score (nSPS) is 12.4. The van der Waals surface area contributed by atoms with Crippen molar-refractivity contribution in [2.45, 2.75) is 19.6 Å². The molecule has 0 saturated heterocycles. The molecule has 0 bridgehead atoms. The molecule has 0 radical (unpaired) electrons. The fourth-order valence-electron chi connectivity index (χ4n) is 2.02. The van der Waals surface area contributed by atoms with Gasteiger partial charge in [0.2, 0.25) is 0 Å². The van der Waals surface area contributed by atoms with Crippen molar-refractivity contribution in [3.8, 4) is 0 Å². The first-order valence-corrected chi connectivity index (χ1v) is 6.13. The van der Waals surface area contributed by atoms with Gasteiger partial charge in [0.05, 0.1) is 6.61 Å². The summed E-state index contributed by atoms with van der Waals surface area (Å²) in [5.41, 5.74) is 2.92. The van der Waals surface area contributed by atoms with E-state index in [1.165, 1.54) is 6.07 Å². The molecule has 19 heavy (non-hydrogen) atoms. The third-order valence-corrected chi connectivity index (χ3v) is 3.05. The minimum Gasteiger partial charge on any atom is -0.384 e. The molecule has 2 nitrogen and oxygen atoms in total. The molecule has 2 rings (SSSR count). The predicted octanol–water partition coefficient (Wildman–Crippen LogP) is 3.36. The summed E-state index contributed by atoms with van der Waals surface area (Å²) in [5.74, 6) is -0.390. The van der Waals surface area contributed by atoms with Crippen molar-refractivity contribution in [2.24, 2.45) is 0 Å². The monoisotopic (exact) mass is 260 g/mol. The first-order chi connectivity index (χ1) is 9.11. The number of aliphatic hydroxyl groups is 1. The highest BCUT2D eigenvalue weighted by atomic mass is 19.1. The van der Waals surface area contributed by atoms with E-state index in [2.05, 4.69) is 0 Å². The highest BCUT2D eigenvalue weighted by Crippen LogP contribution is 2.25. The van der Waals surface area contributed by atoms with Crippen LogP contribution >= 0.6 is 0 Å². The van der Waals surface area contributed by atoms with E-state index in [-0.39, 0.29) is 5.82 Å². The third kappa shape index (κ3) is 3.19. The molecule has 1 atom stereocenters. The average Bonchev–Trinajstić information content (AvgIpc) is 2.42. The lowest BCUT2D eigenvalue weighted by atomic mass is 9.98. The smallest absolute Gasteiger partial charge is 0.129 e. The summed E-state index contributed by atoms with van der Waals surface area (Å²) < 4.78 is 18.8. The van der Waals surface area contributed by atoms with Crippen LogP contribution < -0.4 is 0 Å². The van der Waals surface area contributed by atoms with Crippen molar-refractivity contribution in [1.29, 1.82) is 0 Å². The molecule has 0 amide bonds. The second-order valence-electron chi connectivity index (χ2n) is 4.60. The Bertz CT molecular complexity index is 549. The van der Waals surface area contributed by atoms with E-state index in [1.54, 1.807) is 31.4 Å². The molecule has 1 N–H and O–H groups in total. The number of ether oxygens (including phenoxy) is 1. The number of halogens is 1. The fraction of sp³-hybridized carbons (Fsp3) is 0.250. The number of benzene rings is 2. The zero-order valence-corrected chi connectivity index (χ0v) is 11.1. The third-order valence-electron chi connectivity index (χ3n) is 3.05. The topological polar surface area (TPSA) is 29.5 Å². The van der Waals surface area contributed by atoms with E-state index >= 15 is 0 Å². The second kappa shape index (κ2) is 5.95. The summed E-state index contributed by atoms with van der Waals surface area (Å²) in [4.78, 5) is 0. The maximum absolute atomic E-state index is 13.7. The van der Waals surface area contributed by atoms with Crippen LogP contribution in [0.15, 0.2) is 42.5 Å². The van der Waals surface area contributed by atoms with Gasteiger partial charge in [-0.3, -0.25) is 0 Å². The van der Waals surface area contributed by atoms with Crippen molar-refractivity contribution in [3.63, 3.8) is 0 Å². The maximum Gasteiger partial charge on any atom is 0.129 e. The molecule has 3 heteroatoms. The first kappa shape index (κ1) is 13.7. The fourth-order valence-corrected chi connectivity index (χ4v) is 2.02. The lowest BCUT2D eigenvalue weighted by Gasteiger charge is -2.13. The zero-order valence-electron chi connectivity index (χ0n) is 11.1. The Labute approximate surface area is 112 Å². The van der Waals surface area contributed by atoms with Gasteiger partial charge in [0, 0.05) is 12.7 Å². The number of aliphatic hydroxyl groups excluding tert-OH is 1. The van der Waals surface area contributed by atoms with Gasteiger partial charge < -0.3 is 9.84 Å². The molecule has 100 valence electrons. The number of methoxy groups -OCH3 is 1. The van der Waals surface area contributed by atoms with E-state index in [0.717, 1.165) is 11.1 Å². The van der Waals surface area contributed by atoms with Gasteiger partial charge in [-0.05, 0) is 24.1 Å². The summed E-state index contributed by atoms with van der Waals surface area (Å²) in [6, 6.07) is 12.1. The van der Waals surface area contributed by atoms with Crippen LogP contribution in [0.2, 0.25) is 0 Å². The Morgan fingerprint density at radius 1 is 1.16 bits per heavy atom. The Morgan fingerprint density at radius 3 is 2.47 bits per heavy atom. The number of hydrogen-bond donors (Lipinski definition) is 1. The van der Waals surface area contributed by atoms with Crippen LogP contribution in [0.3, 0.4) is 0 Å². The van der Waals surface area contributed by atoms with Crippen LogP contribution in [0.1, 0.15) is 28.4 Å². The van der Waals surface area contributed by atoms with E-state index in [9.17, 15) is 9.50 Å². The van der Waals surface area contributed by atoms with Gasteiger partial charge in [0.15, 0.2) is 0 Å². The van der Waals surface area contributed by atoms with Gasteiger partial charge >= 0.3 is 0 Å². The highest BCUT2D eigenvalue weighted by molar-refractivity contribution is 5.34. The van der Waals surface area contributed by atoms with Crippen molar-refractivity contribution in [1.82, 2.24) is 0 Å². The summed E-state index contributed by atoms with van der Waals surface area (Å²) in [6.07, 6.45) is -0.948. The standard InChI is InChI=1S/C16H17FO2/c1-11-3-8-15(17)14(9-11)16(18)13-6-4-12(5-7-13)10-19-2/h3-9,16,18H,10H2,1-2H3. The van der Waals surface area contributed by atoms with Crippen LogP contribution in [-0.4, -0.2) is 12.2 Å². The van der Waals surface area contributed by atoms with Crippen LogP contribution in [0.4, 0.5) is 4.39 Å². The van der Waals surface area contributed by atoms with Crippen molar-refractivity contribution in [2.75, 3.05) is 7.11 Å². The Kier molecular flexibility index (Phi) is 4.30. The Morgan fingerprint density at radius 2 is 1.84 bits per heavy atom. The lowest BCUT2D eigenvalue weighted by Crippen LogP contribution is -2.03. The second-order valence-corrected chi connectivity index (χ2v) is 4.60. The highest BCUT2D eigenvalue weighted by Gasteiger charge is 2.15. The molecule has 2 aromatic rings.